The van der Waals surface area contributed by atoms with Gasteiger partial charge in [0.15, 0.2) is 0 Å². The summed E-state index contributed by atoms with van der Waals surface area (Å²) in [4.78, 5) is 0. The molecular formula is C8H12NO. The number of rotatable bonds is 4. The van der Waals surface area contributed by atoms with Crippen molar-refractivity contribution in [3.63, 3.8) is 0 Å². The van der Waals surface area contributed by atoms with Crippen LogP contribution in [-0.2, 0) is 6.42 Å². The van der Waals surface area contributed by atoms with Gasteiger partial charge in [-0.3, -0.25) is 0 Å². The summed E-state index contributed by atoms with van der Waals surface area (Å²) in [6.07, 6.45) is 9.24. The molecule has 0 atom stereocenters. The molecule has 0 aromatic carbocycles. The summed E-state index contributed by atoms with van der Waals surface area (Å²) in [7, 11) is 0. The van der Waals surface area contributed by atoms with Gasteiger partial charge in [-0.15, -0.1) is 0 Å². The van der Waals surface area contributed by atoms with Gasteiger partial charge in [0.25, 0.3) is 0 Å². The van der Waals surface area contributed by atoms with Gasteiger partial charge in [-0.1, -0.05) is 24.9 Å². The molecule has 0 spiro atoms. The normalized spacial score (nSPS) is 10.1. The van der Waals surface area contributed by atoms with E-state index in [-0.39, 0.29) is 0 Å². The highest BCUT2D eigenvalue weighted by Crippen LogP contribution is 2.03. The monoisotopic (exact) mass is 138 g/mol. The zero-order chi connectivity index (χ0) is 7.23. The molecule has 55 valence electrons. The molecular weight excluding hydrogens is 126 g/mol. The third-order valence-corrected chi connectivity index (χ3v) is 1.49. The first-order chi connectivity index (χ1) is 4.93. The second-order valence-electron chi connectivity index (χ2n) is 2.41. The molecule has 0 aliphatic heterocycles. The average Bonchev–Trinajstić information content (AvgIpc) is 2.41. The summed E-state index contributed by atoms with van der Waals surface area (Å²) >= 11 is 0. The van der Waals surface area contributed by atoms with Crippen LogP contribution in [0.15, 0.2) is 10.8 Å². The molecule has 1 heterocycles. The third kappa shape index (κ3) is 2.21. The fraction of sp³-hybridized carbons (Fsp3) is 0.625. The van der Waals surface area contributed by atoms with Crippen molar-refractivity contribution in [2.24, 2.45) is 0 Å². The van der Waals surface area contributed by atoms with E-state index in [1.807, 2.05) is 0 Å². The Labute approximate surface area is 61.2 Å². The molecule has 0 N–H and O–H groups in total. The Bertz CT molecular complexity index is 158. The van der Waals surface area contributed by atoms with Crippen LogP contribution in [0.2, 0.25) is 0 Å². The van der Waals surface area contributed by atoms with Crippen LogP contribution in [-0.4, -0.2) is 5.16 Å². The van der Waals surface area contributed by atoms with Gasteiger partial charge in [-0.25, -0.2) is 0 Å². The van der Waals surface area contributed by atoms with Crippen molar-refractivity contribution >= 4 is 0 Å². The number of aromatic nitrogens is 1. The fourth-order valence-electron chi connectivity index (χ4n) is 0.882. The third-order valence-electron chi connectivity index (χ3n) is 1.49. The fourth-order valence-corrected chi connectivity index (χ4v) is 0.882. The maximum atomic E-state index is 4.64. The number of unbranched alkanes of at least 4 members (excludes halogenated alkanes) is 2. The average molecular weight is 138 g/mol. The Hall–Kier alpha value is -0.790. The minimum Gasteiger partial charge on any atom is -0.364 e. The van der Waals surface area contributed by atoms with Crippen LogP contribution in [0.25, 0.3) is 0 Å². The zero-order valence-electron chi connectivity index (χ0n) is 6.26. The highest BCUT2D eigenvalue weighted by atomic mass is 16.5. The molecule has 0 amide bonds. The predicted octanol–water partition coefficient (Wildman–Crippen LogP) is 2.21. The van der Waals surface area contributed by atoms with Gasteiger partial charge in [0.2, 0.25) is 0 Å². The van der Waals surface area contributed by atoms with Crippen LogP contribution in [0.3, 0.4) is 0 Å². The summed E-state index contributed by atoms with van der Waals surface area (Å²) < 4.78 is 4.64. The van der Waals surface area contributed by atoms with Gasteiger partial charge in [-0.05, 0) is 12.8 Å². The second kappa shape index (κ2) is 4.09. The number of nitrogens with zero attached hydrogens (tertiary/aromatic N) is 1. The zero-order valence-corrected chi connectivity index (χ0v) is 6.26. The molecule has 0 fully saturated rings. The lowest BCUT2D eigenvalue weighted by Gasteiger charge is -1.91. The largest absolute Gasteiger partial charge is 0.364 e. The maximum absolute atomic E-state index is 4.64. The molecule has 0 unspecified atom stereocenters. The van der Waals surface area contributed by atoms with Crippen molar-refractivity contribution in [1.29, 1.82) is 0 Å². The molecule has 1 aromatic rings. The van der Waals surface area contributed by atoms with Gasteiger partial charge < -0.3 is 4.52 Å². The van der Waals surface area contributed by atoms with E-state index in [0.29, 0.717) is 0 Å². The minimum atomic E-state index is 1.05. The molecule has 0 bridgehead atoms. The second-order valence-corrected chi connectivity index (χ2v) is 2.41. The van der Waals surface area contributed by atoms with Crippen molar-refractivity contribution < 1.29 is 4.52 Å². The number of aryl methyl sites for hydroxylation is 1. The Morgan fingerprint density at radius 3 is 3.10 bits per heavy atom. The molecule has 0 saturated heterocycles. The molecule has 0 aliphatic carbocycles. The van der Waals surface area contributed by atoms with Gasteiger partial charge in [0, 0.05) is 5.56 Å². The van der Waals surface area contributed by atoms with Crippen LogP contribution in [0, 0.1) is 6.20 Å². The Kier molecular flexibility index (Phi) is 3.00. The topological polar surface area (TPSA) is 26.0 Å². The van der Waals surface area contributed by atoms with E-state index < -0.39 is 0 Å². The van der Waals surface area contributed by atoms with Crippen LogP contribution < -0.4 is 0 Å². The quantitative estimate of drug-likeness (QED) is 0.596. The van der Waals surface area contributed by atoms with Crippen LogP contribution in [0.5, 0.6) is 0 Å². The lowest BCUT2D eigenvalue weighted by atomic mass is 10.1. The summed E-state index contributed by atoms with van der Waals surface area (Å²) in [5.41, 5.74) is 1.09. The molecule has 0 aliphatic rings. The van der Waals surface area contributed by atoms with E-state index in [2.05, 4.69) is 22.8 Å². The standard InChI is InChI=1S/C8H12NO/c1-2-3-4-5-8-6-9-10-7-8/h7H,2-5H2,1H3. The van der Waals surface area contributed by atoms with Crippen LogP contribution in [0.4, 0.5) is 0 Å². The predicted molar refractivity (Wildman–Crippen MR) is 38.6 cm³/mol. The lowest BCUT2D eigenvalue weighted by Crippen LogP contribution is -1.80. The van der Waals surface area contributed by atoms with E-state index in [1.54, 1.807) is 6.26 Å². The van der Waals surface area contributed by atoms with E-state index in [0.717, 1.165) is 12.0 Å². The van der Waals surface area contributed by atoms with Crippen molar-refractivity contribution in [3.05, 3.63) is 18.0 Å². The maximum Gasteiger partial charge on any atom is 0.139 e. The molecule has 1 aromatic heterocycles. The van der Waals surface area contributed by atoms with E-state index in [4.69, 9.17) is 0 Å². The first-order valence-electron chi connectivity index (χ1n) is 3.74. The molecule has 1 radical (unpaired) electrons. The Morgan fingerprint density at radius 1 is 1.60 bits per heavy atom. The minimum absolute atomic E-state index is 1.05. The van der Waals surface area contributed by atoms with Gasteiger partial charge in [0.1, 0.15) is 12.5 Å². The molecule has 2 heteroatoms. The van der Waals surface area contributed by atoms with E-state index in [9.17, 15) is 0 Å². The number of hydrogen-bond donors (Lipinski definition) is 0. The number of hydrogen-bond acceptors (Lipinski definition) is 2. The smallest absolute Gasteiger partial charge is 0.139 e. The first kappa shape index (κ1) is 7.32. The molecule has 0 saturated carbocycles. The summed E-state index contributed by atoms with van der Waals surface area (Å²) in [6.45, 7) is 2.19. The highest BCUT2D eigenvalue weighted by molar-refractivity contribution is 4.97. The van der Waals surface area contributed by atoms with E-state index in [1.165, 1.54) is 19.3 Å². The molecule has 10 heavy (non-hydrogen) atoms. The van der Waals surface area contributed by atoms with Crippen molar-refractivity contribution in [2.75, 3.05) is 0 Å². The molecule has 2 nitrogen and oxygen atoms in total. The van der Waals surface area contributed by atoms with Crippen molar-refractivity contribution in [3.8, 4) is 0 Å². The lowest BCUT2D eigenvalue weighted by molar-refractivity contribution is 0.417. The Balaban J connectivity index is 2.15. The SMILES string of the molecule is CCCCCc1[c]noc1. The summed E-state index contributed by atoms with van der Waals surface area (Å²) in [5, 5.41) is 3.50. The van der Waals surface area contributed by atoms with Gasteiger partial charge >= 0.3 is 0 Å². The molecule has 1 rings (SSSR count). The van der Waals surface area contributed by atoms with Crippen molar-refractivity contribution in [2.45, 2.75) is 32.6 Å². The van der Waals surface area contributed by atoms with Gasteiger partial charge in [-0.2, -0.15) is 0 Å². The van der Waals surface area contributed by atoms with E-state index >= 15 is 0 Å². The summed E-state index contributed by atoms with van der Waals surface area (Å²) in [6, 6.07) is 0. The first-order valence-corrected chi connectivity index (χ1v) is 3.74. The van der Waals surface area contributed by atoms with Crippen molar-refractivity contribution in [1.82, 2.24) is 5.16 Å². The van der Waals surface area contributed by atoms with Crippen LogP contribution >= 0.6 is 0 Å². The van der Waals surface area contributed by atoms with Gasteiger partial charge in [0.05, 0.1) is 0 Å². The highest BCUT2D eigenvalue weighted by Gasteiger charge is 1.94. The summed E-state index contributed by atoms with van der Waals surface area (Å²) in [5.74, 6) is 0. The van der Waals surface area contributed by atoms with Crippen LogP contribution in [0.1, 0.15) is 31.7 Å². The Morgan fingerprint density at radius 2 is 2.50 bits per heavy atom.